The van der Waals surface area contributed by atoms with Crippen molar-refractivity contribution in [3.05, 3.63) is 27.9 Å². The Morgan fingerprint density at radius 1 is 1.56 bits per heavy atom. The van der Waals surface area contributed by atoms with Crippen LogP contribution in [-0.4, -0.2) is 42.3 Å². The van der Waals surface area contributed by atoms with Crippen LogP contribution >= 0.6 is 0 Å². The summed E-state index contributed by atoms with van der Waals surface area (Å²) in [6.45, 7) is 0.697. The maximum atomic E-state index is 11.3. The lowest BCUT2D eigenvalue weighted by atomic mass is 10.3. The van der Waals surface area contributed by atoms with Gasteiger partial charge in [-0.2, -0.15) is 0 Å². The lowest BCUT2D eigenvalue weighted by molar-refractivity contribution is -0.386. The van der Waals surface area contributed by atoms with Gasteiger partial charge in [0.15, 0.2) is 5.69 Å². The Kier molecular flexibility index (Phi) is 3.38. The summed E-state index contributed by atoms with van der Waals surface area (Å²) in [5.41, 5.74) is -0.340. The zero-order valence-electron chi connectivity index (χ0n) is 9.49. The minimum atomic E-state index is -0.681. The third kappa shape index (κ3) is 2.38. The number of hydrogen-bond donors (Lipinski definition) is 0. The van der Waals surface area contributed by atoms with Crippen LogP contribution in [0.3, 0.4) is 0 Å². The van der Waals surface area contributed by atoms with Gasteiger partial charge in [-0.1, -0.05) is 0 Å². The third-order valence-electron chi connectivity index (χ3n) is 2.32. The molecule has 18 heavy (non-hydrogen) atoms. The predicted octanol–water partition coefficient (Wildman–Crippen LogP) is 0.554. The van der Waals surface area contributed by atoms with Crippen molar-refractivity contribution in [3.63, 3.8) is 0 Å². The number of aromatic nitrogens is 1. The van der Waals surface area contributed by atoms with Gasteiger partial charge in [-0.25, -0.2) is 9.78 Å². The first-order valence-electron chi connectivity index (χ1n) is 5.10. The average molecular weight is 254 g/mol. The molecule has 1 aliphatic heterocycles. The Hall–Kier alpha value is -2.22. The minimum absolute atomic E-state index is 0.0432. The molecule has 0 atom stereocenters. The molecule has 0 aliphatic carbocycles. The molecule has 0 N–H and O–H groups in total. The molecule has 0 saturated carbocycles. The number of pyridine rings is 1. The molecular formula is C10H10N2O6. The monoisotopic (exact) mass is 254 g/mol. The second kappa shape index (κ2) is 4.96. The highest BCUT2D eigenvalue weighted by molar-refractivity contribution is 5.87. The van der Waals surface area contributed by atoms with E-state index in [0.29, 0.717) is 13.2 Å². The molecule has 1 fully saturated rings. The number of hydrogen-bond acceptors (Lipinski definition) is 7. The minimum Gasteiger partial charge on any atom is -0.465 e. The lowest BCUT2D eigenvalue weighted by Crippen LogP contribution is -2.39. The Balaban J connectivity index is 2.30. The molecule has 0 amide bonds. The van der Waals surface area contributed by atoms with Gasteiger partial charge in [-0.3, -0.25) is 10.1 Å². The van der Waals surface area contributed by atoms with E-state index in [1.807, 2.05) is 0 Å². The van der Waals surface area contributed by atoms with Crippen LogP contribution in [0.5, 0.6) is 5.88 Å². The van der Waals surface area contributed by atoms with Crippen LogP contribution in [0, 0.1) is 10.1 Å². The van der Waals surface area contributed by atoms with Crippen LogP contribution in [0.25, 0.3) is 0 Å². The third-order valence-corrected chi connectivity index (χ3v) is 2.32. The van der Waals surface area contributed by atoms with Crippen LogP contribution in [0.4, 0.5) is 5.69 Å². The summed E-state index contributed by atoms with van der Waals surface area (Å²) in [6.07, 6.45) is -0.274. The molecule has 0 aromatic carbocycles. The number of nitrogens with zero attached hydrogens (tertiary/aromatic N) is 2. The highest BCUT2D eigenvalue weighted by Gasteiger charge is 2.27. The fourth-order valence-corrected chi connectivity index (χ4v) is 1.32. The second-order valence-corrected chi connectivity index (χ2v) is 3.55. The van der Waals surface area contributed by atoms with E-state index in [2.05, 4.69) is 9.72 Å². The van der Waals surface area contributed by atoms with Gasteiger partial charge in [0.2, 0.25) is 0 Å². The summed E-state index contributed by atoms with van der Waals surface area (Å²) < 4.78 is 14.7. The van der Waals surface area contributed by atoms with Crippen LogP contribution in [0.1, 0.15) is 10.5 Å². The molecule has 1 aliphatic rings. The largest absolute Gasteiger partial charge is 0.465 e. The normalized spacial score (nSPS) is 14.7. The van der Waals surface area contributed by atoms with Gasteiger partial charge in [0.25, 0.3) is 5.88 Å². The molecule has 0 radical (unpaired) electrons. The fourth-order valence-electron chi connectivity index (χ4n) is 1.32. The standard InChI is InChI=1S/C10H10N2O6/c1-16-10(13)7-2-3-8(12(14)15)9(11-7)18-6-4-17-5-6/h2-3,6H,4-5H2,1H3. The summed E-state index contributed by atoms with van der Waals surface area (Å²) in [7, 11) is 1.20. The molecule has 8 nitrogen and oxygen atoms in total. The van der Waals surface area contributed by atoms with Crippen molar-refractivity contribution in [1.82, 2.24) is 4.98 Å². The molecule has 1 aromatic rings. The van der Waals surface area contributed by atoms with E-state index in [0.717, 1.165) is 6.07 Å². The van der Waals surface area contributed by atoms with Gasteiger partial charge in [0.05, 0.1) is 25.2 Å². The Bertz CT molecular complexity index is 485. The van der Waals surface area contributed by atoms with Crippen molar-refractivity contribution in [3.8, 4) is 5.88 Å². The van der Waals surface area contributed by atoms with Crippen LogP contribution in [0.15, 0.2) is 12.1 Å². The Morgan fingerprint density at radius 2 is 2.28 bits per heavy atom. The smallest absolute Gasteiger partial charge is 0.356 e. The molecule has 1 aromatic heterocycles. The SMILES string of the molecule is COC(=O)c1ccc([N+](=O)[O-])c(OC2COC2)n1. The summed E-state index contributed by atoms with van der Waals surface area (Å²) in [6, 6.07) is 2.38. The van der Waals surface area contributed by atoms with E-state index in [1.54, 1.807) is 0 Å². The molecule has 0 unspecified atom stereocenters. The maximum Gasteiger partial charge on any atom is 0.356 e. The zero-order valence-corrected chi connectivity index (χ0v) is 9.49. The van der Waals surface area contributed by atoms with E-state index < -0.39 is 10.9 Å². The lowest BCUT2D eigenvalue weighted by Gasteiger charge is -2.25. The fraction of sp³-hybridized carbons (Fsp3) is 0.400. The first kappa shape index (κ1) is 12.2. The number of methoxy groups -OCH3 is 1. The van der Waals surface area contributed by atoms with Crippen LogP contribution < -0.4 is 4.74 Å². The van der Waals surface area contributed by atoms with E-state index in [-0.39, 0.29) is 23.4 Å². The molecular weight excluding hydrogens is 244 g/mol. The first-order chi connectivity index (χ1) is 8.61. The van der Waals surface area contributed by atoms with Crippen molar-refractivity contribution in [2.45, 2.75) is 6.10 Å². The molecule has 96 valence electrons. The van der Waals surface area contributed by atoms with E-state index in [9.17, 15) is 14.9 Å². The van der Waals surface area contributed by atoms with Gasteiger partial charge < -0.3 is 14.2 Å². The van der Waals surface area contributed by atoms with E-state index in [4.69, 9.17) is 9.47 Å². The summed E-state index contributed by atoms with van der Waals surface area (Å²) >= 11 is 0. The van der Waals surface area contributed by atoms with Crippen molar-refractivity contribution in [2.24, 2.45) is 0 Å². The summed E-state index contributed by atoms with van der Waals surface area (Å²) in [5, 5.41) is 10.8. The van der Waals surface area contributed by atoms with Gasteiger partial charge in [0.1, 0.15) is 6.10 Å². The first-order valence-corrected chi connectivity index (χ1v) is 5.10. The number of esters is 1. The number of rotatable bonds is 4. The van der Waals surface area contributed by atoms with Gasteiger partial charge in [-0.15, -0.1) is 0 Å². The molecule has 2 rings (SSSR count). The maximum absolute atomic E-state index is 11.3. The molecule has 8 heteroatoms. The highest BCUT2D eigenvalue weighted by atomic mass is 16.6. The Labute approximate surface area is 102 Å². The van der Waals surface area contributed by atoms with Crippen molar-refractivity contribution < 1.29 is 23.9 Å². The summed E-state index contributed by atoms with van der Waals surface area (Å²) in [5.74, 6) is -0.879. The zero-order chi connectivity index (χ0) is 13.1. The number of ether oxygens (including phenoxy) is 3. The van der Waals surface area contributed by atoms with Gasteiger partial charge in [-0.05, 0) is 6.07 Å². The highest BCUT2D eigenvalue weighted by Crippen LogP contribution is 2.26. The molecule has 0 bridgehead atoms. The van der Waals surface area contributed by atoms with Gasteiger partial charge in [0, 0.05) is 6.07 Å². The number of carbonyl (C=O) groups excluding carboxylic acids is 1. The number of nitro groups is 1. The van der Waals surface area contributed by atoms with E-state index in [1.165, 1.54) is 13.2 Å². The van der Waals surface area contributed by atoms with Crippen molar-refractivity contribution >= 4 is 11.7 Å². The van der Waals surface area contributed by atoms with Gasteiger partial charge >= 0.3 is 11.7 Å². The van der Waals surface area contributed by atoms with Crippen molar-refractivity contribution in [2.75, 3.05) is 20.3 Å². The number of carbonyl (C=O) groups is 1. The predicted molar refractivity (Wildman–Crippen MR) is 57.5 cm³/mol. The Morgan fingerprint density at radius 3 is 2.78 bits per heavy atom. The molecule has 2 heterocycles. The second-order valence-electron chi connectivity index (χ2n) is 3.55. The molecule has 0 spiro atoms. The average Bonchev–Trinajstić information content (AvgIpc) is 2.32. The van der Waals surface area contributed by atoms with Crippen LogP contribution in [0.2, 0.25) is 0 Å². The quantitative estimate of drug-likeness (QED) is 0.439. The summed E-state index contributed by atoms with van der Waals surface area (Å²) in [4.78, 5) is 25.3. The van der Waals surface area contributed by atoms with E-state index >= 15 is 0 Å². The van der Waals surface area contributed by atoms with Crippen LogP contribution in [-0.2, 0) is 9.47 Å². The van der Waals surface area contributed by atoms with Crippen molar-refractivity contribution in [1.29, 1.82) is 0 Å². The topological polar surface area (TPSA) is 101 Å². The molecule has 1 saturated heterocycles.